The van der Waals surface area contributed by atoms with Gasteiger partial charge in [-0.3, -0.25) is 9.48 Å². The highest BCUT2D eigenvalue weighted by Gasteiger charge is 2.19. The first-order valence-electron chi connectivity index (χ1n) is 8.20. The topological polar surface area (TPSA) is 69.0 Å². The van der Waals surface area contributed by atoms with Crippen LogP contribution in [0.25, 0.3) is 11.0 Å². The number of nitrogens with one attached hydrogen (secondary N) is 1. The lowest BCUT2D eigenvalue weighted by molar-refractivity contribution is 0.102. The number of amides is 1. The van der Waals surface area contributed by atoms with Gasteiger partial charge in [-0.05, 0) is 31.0 Å². The van der Waals surface area contributed by atoms with Crippen molar-refractivity contribution >= 4 is 22.6 Å². The minimum absolute atomic E-state index is 0.182. The Morgan fingerprint density at radius 1 is 1.28 bits per heavy atom. The first-order chi connectivity index (χ1) is 11.9. The zero-order valence-corrected chi connectivity index (χ0v) is 15.1. The molecule has 3 rings (SSSR count). The Hall–Kier alpha value is -2.89. The molecule has 2 aromatic heterocycles. The second-order valence-corrected chi connectivity index (χ2v) is 6.34. The van der Waals surface area contributed by atoms with Crippen LogP contribution in [0.15, 0.2) is 30.3 Å². The lowest BCUT2D eigenvalue weighted by Gasteiger charge is -2.11. The quantitative estimate of drug-likeness (QED) is 0.788. The zero-order valence-electron chi connectivity index (χ0n) is 15.1. The SMILES string of the molecule is COc1cccc(NC(=O)c2cc(C(C)C)nc3c2c(C)nn3C)c1. The predicted octanol–water partition coefficient (Wildman–Crippen LogP) is 3.66. The summed E-state index contributed by atoms with van der Waals surface area (Å²) in [7, 11) is 3.44. The van der Waals surface area contributed by atoms with Crippen LogP contribution in [0.1, 0.15) is 41.5 Å². The van der Waals surface area contributed by atoms with Gasteiger partial charge in [0.2, 0.25) is 0 Å². The summed E-state index contributed by atoms with van der Waals surface area (Å²) in [5, 5.41) is 8.15. The molecule has 0 aliphatic heterocycles. The molecule has 1 N–H and O–H groups in total. The summed E-state index contributed by atoms with van der Waals surface area (Å²) in [6, 6.07) is 9.15. The van der Waals surface area contributed by atoms with E-state index in [-0.39, 0.29) is 11.8 Å². The van der Waals surface area contributed by atoms with E-state index in [4.69, 9.17) is 4.74 Å². The van der Waals surface area contributed by atoms with Crippen LogP contribution in [-0.2, 0) is 7.05 Å². The number of aryl methyl sites for hydroxylation is 2. The number of anilines is 1. The summed E-state index contributed by atoms with van der Waals surface area (Å²) in [6.07, 6.45) is 0. The van der Waals surface area contributed by atoms with Crippen molar-refractivity contribution in [1.29, 1.82) is 0 Å². The van der Waals surface area contributed by atoms with Gasteiger partial charge < -0.3 is 10.1 Å². The monoisotopic (exact) mass is 338 g/mol. The van der Waals surface area contributed by atoms with E-state index in [1.165, 1.54) is 0 Å². The molecule has 0 aliphatic rings. The molecule has 0 radical (unpaired) electrons. The first-order valence-corrected chi connectivity index (χ1v) is 8.20. The molecule has 0 spiro atoms. The minimum Gasteiger partial charge on any atom is -0.497 e. The summed E-state index contributed by atoms with van der Waals surface area (Å²) >= 11 is 0. The fourth-order valence-electron chi connectivity index (χ4n) is 2.84. The number of hydrogen-bond donors (Lipinski definition) is 1. The Morgan fingerprint density at radius 2 is 2.04 bits per heavy atom. The van der Waals surface area contributed by atoms with Crippen LogP contribution in [0.5, 0.6) is 5.75 Å². The molecule has 0 unspecified atom stereocenters. The van der Waals surface area contributed by atoms with Gasteiger partial charge in [0, 0.05) is 24.5 Å². The number of nitrogens with zero attached hydrogens (tertiary/aromatic N) is 3. The number of ether oxygens (including phenoxy) is 1. The number of rotatable bonds is 4. The maximum Gasteiger partial charge on any atom is 0.256 e. The van der Waals surface area contributed by atoms with Gasteiger partial charge in [0.15, 0.2) is 5.65 Å². The van der Waals surface area contributed by atoms with E-state index in [2.05, 4.69) is 29.2 Å². The Kier molecular flexibility index (Phi) is 4.44. The van der Waals surface area contributed by atoms with Crippen molar-refractivity contribution in [2.45, 2.75) is 26.7 Å². The molecule has 6 heteroatoms. The van der Waals surface area contributed by atoms with Crippen molar-refractivity contribution in [1.82, 2.24) is 14.8 Å². The fraction of sp³-hybridized carbons (Fsp3) is 0.316. The Morgan fingerprint density at radius 3 is 2.72 bits per heavy atom. The van der Waals surface area contributed by atoms with Gasteiger partial charge in [-0.25, -0.2) is 4.98 Å². The lowest BCUT2D eigenvalue weighted by Crippen LogP contribution is -2.14. The molecule has 0 saturated heterocycles. The lowest BCUT2D eigenvalue weighted by atomic mass is 10.0. The van der Waals surface area contributed by atoms with Crippen molar-refractivity contribution in [3.8, 4) is 5.75 Å². The molecule has 3 aromatic rings. The molecule has 25 heavy (non-hydrogen) atoms. The molecule has 1 amide bonds. The fourth-order valence-corrected chi connectivity index (χ4v) is 2.84. The van der Waals surface area contributed by atoms with Crippen LogP contribution in [0.4, 0.5) is 5.69 Å². The molecule has 0 bridgehead atoms. The highest BCUT2D eigenvalue weighted by Crippen LogP contribution is 2.26. The van der Waals surface area contributed by atoms with E-state index >= 15 is 0 Å². The number of carbonyl (C=O) groups excluding carboxylic acids is 1. The third-order valence-corrected chi connectivity index (χ3v) is 4.15. The molecule has 2 heterocycles. The molecule has 0 atom stereocenters. The van der Waals surface area contributed by atoms with Crippen LogP contribution < -0.4 is 10.1 Å². The maximum atomic E-state index is 12.9. The average molecular weight is 338 g/mol. The summed E-state index contributed by atoms with van der Waals surface area (Å²) in [5.41, 5.74) is 3.64. The second kappa shape index (κ2) is 6.55. The van der Waals surface area contributed by atoms with Crippen LogP contribution >= 0.6 is 0 Å². The summed E-state index contributed by atoms with van der Waals surface area (Å²) in [5.74, 6) is 0.722. The predicted molar refractivity (Wildman–Crippen MR) is 98.3 cm³/mol. The molecular formula is C19H22N4O2. The highest BCUT2D eigenvalue weighted by atomic mass is 16.5. The molecule has 130 valence electrons. The highest BCUT2D eigenvalue weighted by molar-refractivity contribution is 6.12. The summed E-state index contributed by atoms with van der Waals surface area (Å²) in [4.78, 5) is 17.6. The number of aromatic nitrogens is 3. The minimum atomic E-state index is -0.182. The van der Waals surface area contributed by atoms with E-state index in [0.29, 0.717) is 17.0 Å². The number of methoxy groups -OCH3 is 1. The van der Waals surface area contributed by atoms with Crippen molar-refractivity contribution in [2.75, 3.05) is 12.4 Å². The largest absolute Gasteiger partial charge is 0.497 e. The third kappa shape index (κ3) is 3.20. The summed E-state index contributed by atoms with van der Waals surface area (Å²) < 4.78 is 6.93. The normalized spacial score (nSPS) is 11.1. The Labute approximate surface area is 146 Å². The van der Waals surface area contributed by atoms with Crippen molar-refractivity contribution in [2.24, 2.45) is 7.05 Å². The number of pyridine rings is 1. The maximum absolute atomic E-state index is 12.9. The molecule has 1 aromatic carbocycles. The smallest absolute Gasteiger partial charge is 0.256 e. The second-order valence-electron chi connectivity index (χ2n) is 6.34. The standard InChI is InChI=1S/C19H22N4O2/c1-11(2)16-10-15(17-12(3)22-23(4)18(17)21-16)19(24)20-13-7-6-8-14(9-13)25-5/h6-11H,1-5H3,(H,20,24). The number of hydrogen-bond acceptors (Lipinski definition) is 4. The van der Waals surface area contributed by atoms with Crippen molar-refractivity contribution in [3.05, 3.63) is 47.3 Å². The van der Waals surface area contributed by atoms with E-state index in [0.717, 1.165) is 22.4 Å². The van der Waals surface area contributed by atoms with Gasteiger partial charge in [0.05, 0.1) is 23.8 Å². The van der Waals surface area contributed by atoms with Gasteiger partial charge in [-0.1, -0.05) is 19.9 Å². The molecular weight excluding hydrogens is 316 g/mol. The number of benzene rings is 1. The number of fused-ring (bicyclic) bond motifs is 1. The van der Waals surface area contributed by atoms with Crippen molar-refractivity contribution < 1.29 is 9.53 Å². The average Bonchev–Trinajstić information content (AvgIpc) is 2.88. The van der Waals surface area contributed by atoms with E-state index in [9.17, 15) is 4.79 Å². The molecule has 6 nitrogen and oxygen atoms in total. The number of carbonyl (C=O) groups is 1. The zero-order chi connectivity index (χ0) is 18.1. The van der Waals surface area contributed by atoms with E-state index < -0.39 is 0 Å². The molecule has 0 aliphatic carbocycles. The Bertz CT molecular complexity index is 944. The van der Waals surface area contributed by atoms with E-state index in [1.54, 1.807) is 17.9 Å². The Balaban J connectivity index is 2.08. The van der Waals surface area contributed by atoms with Gasteiger partial charge in [-0.2, -0.15) is 5.10 Å². The van der Waals surface area contributed by atoms with E-state index in [1.807, 2.05) is 38.2 Å². The third-order valence-electron chi connectivity index (χ3n) is 4.15. The van der Waals surface area contributed by atoms with Crippen LogP contribution in [0.2, 0.25) is 0 Å². The van der Waals surface area contributed by atoms with Gasteiger partial charge >= 0.3 is 0 Å². The van der Waals surface area contributed by atoms with Gasteiger partial charge in [0.1, 0.15) is 5.75 Å². The molecule has 0 saturated carbocycles. The van der Waals surface area contributed by atoms with Crippen LogP contribution in [0.3, 0.4) is 0 Å². The molecule has 0 fully saturated rings. The summed E-state index contributed by atoms with van der Waals surface area (Å²) in [6.45, 7) is 6.00. The van der Waals surface area contributed by atoms with Crippen LogP contribution in [-0.4, -0.2) is 27.8 Å². The first kappa shape index (κ1) is 17.0. The van der Waals surface area contributed by atoms with Gasteiger partial charge in [-0.15, -0.1) is 0 Å². The van der Waals surface area contributed by atoms with Crippen molar-refractivity contribution in [3.63, 3.8) is 0 Å². The van der Waals surface area contributed by atoms with Gasteiger partial charge in [0.25, 0.3) is 5.91 Å². The van der Waals surface area contributed by atoms with Crippen LogP contribution in [0, 0.1) is 6.92 Å².